The number of halogens is 2. The number of thiophene rings is 1. The van der Waals surface area contributed by atoms with Crippen molar-refractivity contribution in [3.63, 3.8) is 0 Å². The number of benzene rings is 1. The maximum atomic E-state index is 13.6. The molecule has 1 aromatic heterocycles. The number of hydrogen-bond donors (Lipinski definition) is 0. The zero-order valence-corrected chi connectivity index (χ0v) is 12.8. The number of nitrogens with zero attached hydrogens (tertiary/aromatic N) is 1. The molecule has 1 heterocycles. The van der Waals surface area contributed by atoms with E-state index in [0.717, 1.165) is 6.07 Å². The van der Waals surface area contributed by atoms with Crippen LogP contribution in [0.2, 0.25) is 0 Å². The third-order valence-electron chi connectivity index (χ3n) is 3.56. The average molecular weight is 309 g/mol. The van der Waals surface area contributed by atoms with Crippen molar-refractivity contribution in [1.29, 1.82) is 0 Å². The molecule has 0 aliphatic rings. The van der Waals surface area contributed by atoms with Gasteiger partial charge in [-0.3, -0.25) is 9.69 Å². The van der Waals surface area contributed by atoms with Crippen LogP contribution in [0.15, 0.2) is 35.7 Å². The van der Waals surface area contributed by atoms with Gasteiger partial charge in [0.1, 0.15) is 0 Å². The fourth-order valence-electron chi connectivity index (χ4n) is 2.07. The molecule has 0 N–H and O–H groups in total. The quantitative estimate of drug-likeness (QED) is 0.742. The van der Waals surface area contributed by atoms with Crippen molar-refractivity contribution in [2.45, 2.75) is 19.4 Å². The van der Waals surface area contributed by atoms with E-state index < -0.39 is 11.6 Å². The van der Waals surface area contributed by atoms with Gasteiger partial charge in [-0.05, 0) is 37.6 Å². The highest BCUT2D eigenvalue weighted by Gasteiger charge is 2.17. The smallest absolute Gasteiger partial charge is 0.169 e. The fourth-order valence-corrected chi connectivity index (χ4v) is 2.92. The second-order valence-electron chi connectivity index (χ2n) is 4.95. The molecule has 5 heteroatoms. The van der Waals surface area contributed by atoms with Gasteiger partial charge < -0.3 is 0 Å². The molecule has 1 atom stereocenters. The topological polar surface area (TPSA) is 20.3 Å². The summed E-state index contributed by atoms with van der Waals surface area (Å²) in [6, 6.07) is 7.90. The molecule has 0 bridgehead atoms. The Hall–Kier alpha value is -1.59. The van der Waals surface area contributed by atoms with Gasteiger partial charge >= 0.3 is 0 Å². The van der Waals surface area contributed by atoms with E-state index in [-0.39, 0.29) is 23.8 Å². The molecular formula is C16H17F2NOS. The summed E-state index contributed by atoms with van der Waals surface area (Å²) >= 11 is 1.66. The van der Waals surface area contributed by atoms with Gasteiger partial charge in [0.25, 0.3) is 0 Å². The summed E-state index contributed by atoms with van der Waals surface area (Å²) in [5, 5.41) is 2.01. The van der Waals surface area contributed by atoms with Crippen LogP contribution in [0.1, 0.15) is 34.6 Å². The zero-order valence-electron chi connectivity index (χ0n) is 12.0. The van der Waals surface area contributed by atoms with E-state index in [1.165, 1.54) is 17.0 Å². The van der Waals surface area contributed by atoms with Crippen molar-refractivity contribution in [2.75, 3.05) is 13.6 Å². The van der Waals surface area contributed by atoms with E-state index in [1.807, 2.05) is 29.5 Å². The highest BCUT2D eigenvalue weighted by atomic mass is 32.1. The monoisotopic (exact) mass is 309 g/mol. The van der Waals surface area contributed by atoms with Gasteiger partial charge in [-0.2, -0.15) is 0 Å². The predicted molar refractivity (Wildman–Crippen MR) is 80.7 cm³/mol. The summed E-state index contributed by atoms with van der Waals surface area (Å²) in [5.74, 6) is -2.42. The predicted octanol–water partition coefficient (Wildman–Crippen LogP) is 4.29. The molecule has 1 aromatic carbocycles. The molecule has 0 fully saturated rings. The molecule has 2 aromatic rings. The number of ketones is 1. The van der Waals surface area contributed by atoms with Gasteiger partial charge in [-0.1, -0.05) is 12.1 Å². The normalized spacial score (nSPS) is 12.6. The van der Waals surface area contributed by atoms with Crippen LogP contribution in [0.4, 0.5) is 8.78 Å². The van der Waals surface area contributed by atoms with Crippen LogP contribution in [-0.2, 0) is 0 Å². The lowest BCUT2D eigenvalue weighted by molar-refractivity contribution is 0.0957. The van der Waals surface area contributed by atoms with E-state index >= 15 is 0 Å². The van der Waals surface area contributed by atoms with Crippen molar-refractivity contribution in [2.24, 2.45) is 0 Å². The van der Waals surface area contributed by atoms with Crippen molar-refractivity contribution in [1.82, 2.24) is 4.90 Å². The third kappa shape index (κ3) is 3.74. The maximum absolute atomic E-state index is 13.6. The summed E-state index contributed by atoms with van der Waals surface area (Å²) < 4.78 is 26.7. The molecule has 112 valence electrons. The molecule has 21 heavy (non-hydrogen) atoms. The fraction of sp³-hybridized carbons (Fsp3) is 0.312. The Bertz CT molecular complexity index is 613. The molecule has 0 radical (unpaired) electrons. The van der Waals surface area contributed by atoms with Crippen LogP contribution < -0.4 is 0 Å². The number of carbonyl (C=O) groups is 1. The number of hydrogen-bond acceptors (Lipinski definition) is 3. The molecule has 2 rings (SSSR count). The second kappa shape index (κ2) is 6.91. The molecule has 0 spiro atoms. The molecule has 1 unspecified atom stereocenters. The van der Waals surface area contributed by atoms with Crippen LogP contribution >= 0.6 is 11.3 Å². The number of Topliss-reactive ketones (excluding diaryl/α,β-unsaturated/α-hetero) is 1. The summed E-state index contributed by atoms with van der Waals surface area (Å²) in [5.41, 5.74) is -0.174. The third-order valence-corrected chi connectivity index (χ3v) is 4.60. The minimum atomic E-state index is -1.06. The molecule has 0 aliphatic carbocycles. The molecule has 0 saturated carbocycles. The Kier molecular flexibility index (Phi) is 5.20. The summed E-state index contributed by atoms with van der Waals surface area (Å²) in [4.78, 5) is 15.2. The van der Waals surface area contributed by atoms with Gasteiger partial charge in [-0.25, -0.2) is 8.78 Å². The van der Waals surface area contributed by atoms with Gasteiger partial charge in [-0.15, -0.1) is 11.3 Å². The summed E-state index contributed by atoms with van der Waals surface area (Å²) in [6.45, 7) is 2.55. The highest BCUT2D eigenvalue weighted by Crippen LogP contribution is 2.23. The van der Waals surface area contributed by atoms with Crippen molar-refractivity contribution in [3.8, 4) is 0 Å². The second-order valence-corrected chi connectivity index (χ2v) is 5.93. The Morgan fingerprint density at radius 2 is 2.05 bits per heavy atom. The van der Waals surface area contributed by atoms with Crippen LogP contribution in [0.3, 0.4) is 0 Å². The van der Waals surface area contributed by atoms with Crippen LogP contribution in [0.25, 0.3) is 0 Å². The highest BCUT2D eigenvalue weighted by molar-refractivity contribution is 7.10. The first-order valence-corrected chi connectivity index (χ1v) is 7.59. The molecule has 2 nitrogen and oxygen atoms in total. The lowest BCUT2D eigenvalue weighted by atomic mass is 10.1. The first kappa shape index (κ1) is 15.8. The molecular weight excluding hydrogens is 292 g/mol. The van der Waals surface area contributed by atoms with Crippen LogP contribution in [0.5, 0.6) is 0 Å². The van der Waals surface area contributed by atoms with Crippen LogP contribution in [0, 0.1) is 11.6 Å². The van der Waals surface area contributed by atoms with Gasteiger partial charge in [0, 0.05) is 23.9 Å². The summed E-state index contributed by atoms with van der Waals surface area (Å²) in [6.07, 6.45) is 0.159. The Morgan fingerprint density at radius 3 is 2.71 bits per heavy atom. The lowest BCUT2D eigenvalue weighted by Gasteiger charge is -2.23. The minimum absolute atomic E-state index is 0.159. The summed E-state index contributed by atoms with van der Waals surface area (Å²) in [7, 11) is 1.92. The minimum Gasteiger partial charge on any atom is -0.298 e. The van der Waals surface area contributed by atoms with E-state index in [4.69, 9.17) is 0 Å². The SMILES string of the molecule is CC(c1cccs1)N(C)CCC(=O)c1cccc(F)c1F. The first-order valence-electron chi connectivity index (χ1n) is 6.71. The Balaban J connectivity index is 1.96. The Morgan fingerprint density at radius 1 is 1.29 bits per heavy atom. The van der Waals surface area contributed by atoms with Gasteiger partial charge in [0.05, 0.1) is 5.56 Å². The number of carbonyl (C=O) groups excluding carboxylic acids is 1. The molecule has 0 saturated heterocycles. The largest absolute Gasteiger partial charge is 0.298 e. The van der Waals surface area contributed by atoms with E-state index in [2.05, 4.69) is 6.92 Å². The molecule has 0 amide bonds. The van der Waals surface area contributed by atoms with E-state index in [9.17, 15) is 13.6 Å². The van der Waals surface area contributed by atoms with Crippen molar-refractivity contribution < 1.29 is 13.6 Å². The first-order chi connectivity index (χ1) is 10.0. The average Bonchev–Trinajstić information content (AvgIpc) is 3.00. The standard InChI is InChI=1S/C16H17F2NOS/c1-11(15-7-4-10-21-15)19(2)9-8-14(20)12-5-3-6-13(17)16(12)18/h3-7,10-11H,8-9H2,1-2H3. The van der Waals surface area contributed by atoms with E-state index in [1.54, 1.807) is 11.3 Å². The zero-order chi connectivity index (χ0) is 15.4. The van der Waals surface area contributed by atoms with Crippen molar-refractivity contribution >= 4 is 17.1 Å². The molecule has 0 aliphatic heterocycles. The van der Waals surface area contributed by atoms with Crippen molar-refractivity contribution in [3.05, 3.63) is 57.8 Å². The Labute approximate surface area is 127 Å². The lowest BCUT2D eigenvalue weighted by Crippen LogP contribution is -2.25. The maximum Gasteiger partial charge on any atom is 0.169 e. The van der Waals surface area contributed by atoms with Crippen LogP contribution in [-0.4, -0.2) is 24.3 Å². The van der Waals surface area contributed by atoms with Gasteiger partial charge in [0.2, 0.25) is 0 Å². The van der Waals surface area contributed by atoms with E-state index in [0.29, 0.717) is 6.54 Å². The van der Waals surface area contributed by atoms with Gasteiger partial charge in [0.15, 0.2) is 17.4 Å². The number of rotatable bonds is 6.